The first-order chi connectivity index (χ1) is 9.78. The first-order valence-corrected chi connectivity index (χ1v) is 8.40. The van der Waals surface area contributed by atoms with Gasteiger partial charge in [0.1, 0.15) is 0 Å². The summed E-state index contributed by atoms with van der Waals surface area (Å²) in [5, 5.41) is 11.5. The van der Waals surface area contributed by atoms with Crippen LogP contribution in [0, 0.1) is 5.92 Å². The number of thioether (sulfide) groups is 1. The van der Waals surface area contributed by atoms with Crippen molar-refractivity contribution in [1.82, 2.24) is 10.2 Å². The van der Waals surface area contributed by atoms with Gasteiger partial charge < -0.3 is 5.32 Å². The Morgan fingerprint density at radius 1 is 1.40 bits per heavy atom. The highest BCUT2D eigenvalue weighted by Gasteiger charge is 2.44. The molecular formula is C14H15N3OS2. The summed E-state index contributed by atoms with van der Waals surface area (Å²) in [6.45, 7) is 2.07. The van der Waals surface area contributed by atoms with Gasteiger partial charge in [-0.3, -0.25) is 4.79 Å². The number of hydrogen-bond acceptors (Lipinski definition) is 5. The van der Waals surface area contributed by atoms with E-state index in [1.54, 1.807) is 11.8 Å². The first-order valence-electron chi connectivity index (χ1n) is 6.60. The first kappa shape index (κ1) is 13.6. The molecule has 0 saturated heterocycles. The van der Waals surface area contributed by atoms with Crippen molar-refractivity contribution in [1.29, 1.82) is 0 Å². The van der Waals surface area contributed by atoms with E-state index in [2.05, 4.69) is 34.6 Å². The quantitative estimate of drug-likeness (QED) is 0.679. The van der Waals surface area contributed by atoms with Crippen molar-refractivity contribution in [3.8, 4) is 0 Å². The van der Waals surface area contributed by atoms with Crippen LogP contribution in [0.25, 0.3) is 0 Å². The standard InChI is InChI=1S/C14H15N3OS2/c1-2-19-14-17-16-13(20-14)15-12(18)11-8-10(11)9-6-4-3-5-7-9/h3-7,10-11H,2,8H2,1H3,(H,15,16,18)/t10-,11-/m1/s1. The summed E-state index contributed by atoms with van der Waals surface area (Å²) in [6.07, 6.45) is 0.922. The molecular weight excluding hydrogens is 290 g/mol. The lowest BCUT2D eigenvalue weighted by molar-refractivity contribution is -0.117. The van der Waals surface area contributed by atoms with Crippen LogP contribution in [-0.2, 0) is 4.79 Å². The van der Waals surface area contributed by atoms with Crippen LogP contribution in [0.4, 0.5) is 5.13 Å². The molecule has 1 saturated carbocycles. The molecule has 0 radical (unpaired) electrons. The van der Waals surface area contributed by atoms with Gasteiger partial charge in [0.05, 0.1) is 0 Å². The van der Waals surface area contributed by atoms with Crippen molar-refractivity contribution in [2.45, 2.75) is 23.6 Å². The van der Waals surface area contributed by atoms with Crippen LogP contribution >= 0.6 is 23.1 Å². The lowest BCUT2D eigenvalue weighted by atomic mass is 10.1. The van der Waals surface area contributed by atoms with Gasteiger partial charge in [-0.2, -0.15) is 0 Å². The lowest BCUT2D eigenvalue weighted by Gasteiger charge is -2.00. The summed E-state index contributed by atoms with van der Waals surface area (Å²) in [5.74, 6) is 1.45. The molecule has 0 spiro atoms. The molecule has 2 aromatic rings. The number of amides is 1. The Morgan fingerprint density at radius 2 is 2.20 bits per heavy atom. The van der Waals surface area contributed by atoms with Crippen LogP contribution in [0.2, 0.25) is 0 Å². The molecule has 1 heterocycles. The smallest absolute Gasteiger partial charge is 0.229 e. The van der Waals surface area contributed by atoms with Gasteiger partial charge >= 0.3 is 0 Å². The van der Waals surface area contributed by atoms with Gasteiger partial charge in [-0.1, -0.05) is 60.4 Å². The Kier molecular flexibility index (Phi) is 4.03. The average Bonchev–Trinajstić information content (AvgIpc) is 3.16. The van der Waals surface area contributed by atoms with Crippen molar-refractivity contribution in [2.24, 2.45) is 5.92 Å². The van der Waals surface area contributed by atoms with E-state index in [-0.39, 0.29) is 11.8 Å². The maximum atomic E-state index is 12.1. The predicted molar refractivity (Wildman–Crippen MR) is 82.2 cm³/mol. The third-order valence-corrected chi connectivity index (χ3v) is 5.11. The highest BCUT2D eigenvalue weighted by molar-refractivity contribution is 8.01. The van der Waals surface area contributed by atoms with Crippen molar-refractivity contribution in [2.75, 3.05) is 11.1 Å². The van der Waals surface area contributed by atoms with E-state index >= 15 is 0 Å². The summed E-state index contributed by atoms with van der Waals surface area (Å²) < 4.78 is 0.901. The number of nitrogens with zero attached hydrogens (tertiary/aromatic N) is 2. The van der Waals surface area contributed by atoms with Gasteiger partial charge in [0.25, 0.3) is 0 Å². The number of aromatic nitrogens is 2. The zero-order valence-corrected chi connectivity index (χ0v) is 12.7. The van der Waals surface area contributed by atoms with Crippen LogP contribution in [-0.4, -0.2) is 21.9 Å². The van der Waals surface area contributed by atoms with E-state index in [9.17, 15) is 4.79 Å². The lowest BCUT2D eigenvalue weighted by Crippen LogP contribution is -2.14. The maximum absolute atomic E-state index is 12.1. The zero-order chi connectivity index (χ0) is 13.9. The highest BCUT2D eigenvalue weighted by Crippen LogP contribution is 2.48. The van der Waals surface area contributed by atoms with Gasteiger partial charge in [-0.15, -0.1) is 10.2 Å². The third kappa shape index (κ3) is 3.02. The second-order valence-electron chi connectivity index (χ2n) is 4.65. The minimum atomic E-state index is 0.0584. The summed E-state index contributed by atoms with van der Waals surface area (Å²) in [7, 11) is 0. The minimum absolute atomic E-state index is 0.0584. The summed E-state index contributed by atoms with van der Waals surface area (Å²) in [4.78, 5) is 12.1. The molecule has 6 heteroatoms. The number of rotatable bonds is 5. The summed E-state index contributed by atoms with van der Waals surface area (Å²) in [6, 6.07) is 10.2. The third-order valence-electron chi connectivity index (χ3n) is 3.26. The molecule has 0 aliphatic heterocycles. The fourth-order valence-corrected chi connectivity index (χ4v) is 3.85. The highest BCUT2D eigenvalue weighted by atomic mass is 32.2. The summed E-state index contributed by atoms with van der Waals surface area (Å²) >= 11 is 3.08. The molecule has 104 valence electrons. The van der Waals surface area contributed by atoms with E-state index in [1.165, 1.54) is 16.9 Å². The van der Waals surface area contributed by atoms with Gasteiger partial charge in [-0.25, -0.2) is 0 Å². The van der Waals surface area contributed by atoms with E-state index in [0.29, 0.717) is 11.0 Å². The summed E-state index contributed by atoms with van der Waals surface area (Å²) in [5.41, 5.74) is 1.24. The minimum Gasteiger partial charge on any atom is -0.300 e. The van der Waals surface area contributed by atoms with Crippen molar-refractivity contribution < 1.29 is 4.79 Å². The normalized spacial score (nSPS) is 20.6. The number of hydrogen-bond donors (Lipinski definition) is 1. The molecule has 1 aliphatic rings. The Morgan fingerprint density at radius 3 is 2.95 bits per heavy atom. The van der Waals surface area contributed by atoms with Crippen LogP contribution in [0.3, 0.4) is 0 Å². The van der Waals surface area contributed by atoms with Gasteiger partial charge in [0, 0.05) is 5.92 Å². The van der Waals surface area contributed by atoms with E-state index < -0.39 is 0 Å². The molecule has 0 unspecified atom stereocenters. The Bertz CT molecular complexity index is 599. The second-order valence-corrected chi connectivity index (χ2v) is 7.14. The average molecular weight is 305 g/mol. The SMILES string of the molecule is CCSc1nnc(NC(=O)[C@@H]2C[C@@H]2c2ccccc2)s1. The van der Waals surface area contributed by atoms with Crippen LogP contribution in [0.15, 0.2) is 34.7 Å². The number of carbonyl (C=O) groups excluding carboxylic acids is 1. The predicted octanol–water partition coefficient (Wildman–Crippen LogP) is 3.39. The molecule has 3 rings (SSSR count). The fraction of sp³-hybridized carbons (Fsp3) is 0.357. The maximum Gasteiger partial charge on any atom is 0.229 e. The molecule has 1 fully saturated rings. The Hall–Kier alpha value is -1.40. The zero-order valence-electron chi connectivity index (χ0n) is 11.1. The topological polar surface area (TPSA) is 54.9 Å². The van der Waals surface area contributed by atoms with Crippen molar-refractivity contribution in [3.05, 3.63) is 35.9 Å². The number of nitrogens with one attached hydrogen (secondary N) is 1. The molecule has 1 amide bonds. The van der Waals surface area contributed by atoms with Gasteiger partial charge in [0.2, 0.25) is 11.0 Å². The Balaban J connectivity index is 1.58. The molecule has 4 nitrogen and oxygen atoms in total. The van der Waals surface area contributed by atoms with Crippen LogP contribution < -0.4 is 5.32 Å². The Labute approximate surface area is 126 Å². The number of carbonyl (C=O) groups is 1. The number of benzene rings is 1. The molecule has 1 aliphatic carbocycles. The molecule has 1 aromatic heterocycles. The van der Waals surface area contributed by atoms with E-state index in [4.69, 9.17) is 0 Å². The fourth-order valence-electron chi connectivity index (χ4n) is 2.19. The molecule has 2 atom stereocenters. The molecule has 0 bridgehead atoms. The molecule has 1 aromatic carbocycles. The number of anilines is 1. The van der Waals surface area contributed by atoms with E-state index in [0.717, 1.165) is 16.5 Å². The molecule has 20 heavy (non-hydrogen) atoms. The van der Waals surface area contributed by atoms with Gasteiger partial charge in [-0.05, 0) is 23.7 Å². The van der Waals surface area contributed by atoms with Crippen LogP contribution in [0.1, 0.15) is 24.8 Å². The van der Waals surface area contributed by atoms with Crippen LogP contribution in [0.5, 0.6) is 0 Å². The van der Waals surface area contributed by atoms with Crippen molar-refractivity contribution >= 4 is 34.1 Å². The molecule has 1 N–H and O–H groups in total. The van der Waals surface area contributed by atoms with Crippen molar-refractivity contribution in [3.63, 3.8) is 0 Å². The second kappa shape index (κ2) is 5.93. The largest absolute Gasteiger partial charge is 0.300 e. The monoisotopic (exact) mass is 305 g/mol. The van der Waals surface area contributed by atoms with E-state index in [1.807, 2.05) is 18.2 Å². The van der Waals surface area contributed by atoms with Gasteiger partial charge in [0.15, 0.2) is 4.34 Å².